The Kier molecular flexibility index (Phi) is 3.95. The Morgan fingerprint density at radius 2 is 1.08 bits per heavy atom. The minimum Gasteiger partial charge on any atom is -0.0622 e. The third kappa shape index (κ3) is 2.87. The molecule has 0 fully saturated rings. The van der Waals surface area contributed by atoms with Crippen molar-refractivity contribution in [1.82, 2.24) is 0 Å². The standard InChI is InChI=1S/C24H17/c1-3-10-19(11-4-1)21-14-9-15-22(18-21)24-17-8-7-16-23(24)20-12-5-2-6-13-20/h1-7,9-18H. The van der Waals surface area contributed by atoms with E-state index in [4.69, 9.17) is 0 Å². The van der Waals surface area contributed by atoms with Crippen molar-refractivity contribution in [3.05, 3.63) is 109 Å². The first-order chi connectivity index (χ1) is 11.9. The highest BCUT2D eigenvalue weighted by Crippen LogP contribution is 2.33. The summed E-state index contributed by atoms with van der Waals surface area (Å²) < 4.78 is 0. The van der Waals surface area contributed by atoms with E-state index < -0.39 is 0 Å². The highest BCUT2D eigenvalue weighted by atomic mass is 14.1. The molecule has 1 radical (unpaired) electrons. The van der Waals surface area contributed by atoms with E-state index in [0.717, 1.165) is 0 Å². The maximum absolute atomic E-state index is 3.23. The number of rotatable bonds is 3. The van der Waals surface area contributed by atoms with Gasteiger partial charge in [-0.25, -0.2) is 0 Å². The van der Waals surface area contributed by atoms with Crippen LogP contribution in [-0.2, 0) is 0 Å². The molecule has 0 heteroatoms. The van der Waals surface area contributed by atoms with Crippen molar-refractivity contribution in [3.8, 4) is 33.4 Å². The van der Waals surface area contributed by atoms with E-state index in [0.29, 0.717) is 0 Å². The van der Waals surface area contributed by atoms with Crippen LogP contribution in [0.4, 0.5) is 0 Å². The first kappa shape index (κ1) is 14.5. The molecule has 0 aromatic heterocycles. The number of hydrogen-bond donors (Lipinski definition) is 0. The minimum absolute atomic E-state index is 1.21. The first-order valence-electron chi connectivity index (χ1n) is 8.13. The summed E-state index contributed by atoms with van der Waals surface area (Å²) in [5, 5.41) is 0. The van der Waals surface area contributed by atoms with Crippen molar-refractivity contribution in [3.63, 3.8) is 0 Å². The van der Waals surface area contributed by atoms with Gasteiger partial charge in [0.25, 0.3) is 0 Å². The van der Waals surface area contributed by atoms with Crippen LogP contribution in [0.1, 0.15) is 0 Å². The lowest BCUT2D eigenvalue weighted by molar-refractivity contribution is 1.56. The van der Waals surface area contributed by atoms with E-state index in [9.17, 15) is 0 Å². The molecule has 0 aliphatic rings. The van der Waals surface area contributed by atoms with Gasteiger partial charge in [0.2, 0.25) is 0 Å². The molecule has 24 heavy (non-hydrogen) atoms. The maximum Gasteiger partial charge on any atom is -0.00990 e. The molecule has 4 aromatic rings. The average molecular weight is 305 g/mol. The summed E-state index contributed by atoms with van der Waals surface area (Å²) in [6.45, 7) is 0. The van der Waals surface area contributed by atoms with Crippen molar-refractivity contribution in [2.75, 3.05) is 0 Å². The maximum atomic E-state index is 3.23. The summed E-state index contributed by atoms with van der Waals surface area (Å²) in [5.74, 6) is 0. The molecule has 0 N–H and O–H groups in total. The zero-order valence-electron chi connectivity index (χ0n) is 13.3. The summed E-state index contributed by atoms with van der Waals surface area (Å²) in [7, 11) is 0. The predicted molar refractivity (Wildman–Crippen MR) is 102 cm³/mol. The molecule has 0 bridgehead atoms. The molecule has 0 saturated heterocycles. The molecule has 0 spiro atoms. The van der Waals surface area contributed by atoms with E-state index in [-0.39, 0.29) is 0 Å². The molecule has 0 nitrogen and oxygen atoms in total. The van der Waals surface area contributed by atoms with Crippen LogP contribution >= 0.6 is 0 Å². The van der Waals surface area contributed by atoms with Gasteiger partial charge in [-0.2, -0.15) is 0 Å². The second-order valence-corrected chi connectivity index (χ2v) is 5.78. The zero-order chi connectivity index (χ0) is 16.2. The quantitative estimate of drug-likeness (QED) is 0.406. The summed E-state index contributed by atoms with van der Waals surface area (Å²) in [6.07, 6.45) is 0. The van der Waals surface area contributed by atoms with E-state index in [2.05, 4.69) is 91.0 Å². The lowest BCUT2D eigenvalue weighted by Crippen LogP contribution is -1.86. The Balaban J connectivity index is 1.84. The van der Waals surface area contributed by atoms with Crippen molar-refractivity contribution in [2.45, 2.75) is 0 Å². The molecule has 113 valence electrons. The Hall–Kier alpha value is -3.12. The molecule has 0 atom stereocenters. The van der Waals surface area contributed by atoms with Crippen LogP contribution in [0.2, 0.25) is 0 Å². The Labute approximate surface area is 143 Å². The second kappa shape index (κ2) is 6.55. The molecule has 4 aromatic carbocycles. The summed E-state index contributed by atoms with van der Waals surface area (Å²) in [4.78, 5) is 0. The molecule has 0 amide bonds. The van der Waals surface area contributed by atoms with E-state index in [1.807, 2.05) is 18.2 Å². The van der Waals surface area contributed by atoms with Crippen LogP contribution in [-0.4, -0.2) is 0 Å². The molecule has 0 heterocycles. The molecule has 4 rings (SSSR count). The topological polar surface area (TPSA) is 0 Å². The second-order valence-electron chi connectivity index (χ2n) is 5.78. The fourth-order valence-corrected chi connectivity index (χ4v) is 3.04. The zero-order valence-corrected chi connectivity index (χ0v) is 13.3. The van der Waals surface area contributed by atoms with Crippen LogP contribution < -0.4 is 0 Å². The van der Waals surface area contributed by atoms with Crippen molar-refractivity contribution in [1.29, 1.82) is 0 Å². The van der Waals surface area contributed by atoms with Crippen LogP contribution in [0.5, 0.6) is 0 Å². The van der Waals surface area contributed by atoms with Gasteiger partial charge in [-0.15, -0.1) is 0 Å². The van der Waals surface area contributed by atoms with E-state index in [1.54, 1.807) is 0 Å². The largest absolute Gasteiger partial charge is 0.0622 e. The van der Waals surface area contributed by atoms with Crippen LogP contribution in [0.15, 0.2) is 103 Å². The molecule has 0 saturated carbocycles. The fraction of sp³-hybridized carbons (Fsp3) is 0. The summed E-state index contributed by atoms with van der Waals surface area (Å²) in [6, 6.07) is 39.1. The normalized spacial score (nSPS) is 10.5. The Morgan fingerprint density at radius 3 is 1.83 bits per heavy atom. The predicted octanol–water partition coefficient (Wildman–Crippen LogP) is 6.49. The first-order valence-corrected chi connectivity index (χ1v) is 8.13. The van der Waals surface area contributed by atoms with Gasteiger partial charge in [0.15, 0.2) is 0 Å². The lowest BCUT2D eigenvalue weighted by atomic mass is 9.93. The molecule has 0 aliphatic carbocycles. The van der Waals surface area contributed by atoms with Crippen LogP contribution in [0.3, 0.4) is 0 Å². The monoisotopic (exact) mass is 305 g/mol. The highest BCUT2D eigenvalue weighted by Gasteiger charge is 2.07. The van der Waals surface area contributed by atoms with Gasteiger partial charge in [-0.05, 0) is 51.6 Å². The summed E-state index contributed by atoms with van der Waals surface area (Å²) in [5.41, 5.74) is 7.36. The Morgan fingerprint density at radius 1 is 0.458 bits per heavy atom. The van der Waals surface area contributed by atoms with Gasteiger partial charge in [0.05, 0.1) is 0 Å². The van der Waals surface area contributed by atoms with E-state index in [1.165, 1.54) is 33.4 Å². The highest BCUT2D eigenvalue weighted by molar-refractivity contribution is 5.85. The Bertz CT molecular complexity index is 938. The smallest absolute Gasteiger partial charge is 0.00990 e. The van der Waals surface area contributed by atoms with Gasteiger partial charge in [-0.3, -0.25) is 0 Å². The molecular formula is C24H17. The third-order valence-corrected chi connectivity index (χ3v) is 4.23. The fourth-order valence-electron chi connectivity index (χ4n) is 3.04. The van der Waals surface area contributed by atoms with E-state index >= 15 is 0 Å². The van der Waals surface area contributed by atoms with Gasteiger partial charge >= 0.3 is 0 Å². The molecular weight excluding hydrogens is 288 g/mol. The van der Waals surface area contributed by atoms with Crippen LogP contribution in [0.25, 0.3) is 33.4 Å². The number of hydrogen-bond acceptors (Lipinski definition) is 0. The third-order valence-electron chi connectivity index (χ3n) is 4.23. The van der Waals surface area contributed by atoms with Gasteiger partial charge < -0.3 is 0 Å². The lowest BCUT2D eigenvalue weighted by Gasteiger charge is -2.11. The summed E-state index contributed by atoms with van der Waals surface area (Å²) >= 11 is 0. The van der Waals surface area contributed by atoms with Crippen molar-refractivity contribution in [2.24, 2.45) is 0 Å². The minimum atomic E-state index is 1.21. The van der Waals surface area contributed by atoms with Gasteiger partial charge in [0.1, 0.15) is 0 Å². The number of benzene rings is 4. The molecule has 0 aliphatic heterocycles. The SMILES string of the molecule is [c]1ccc(-c2ccccc2)c(-c2cccc(-c3ccccc3)c2)c1. The van der Waals surface area contributed by atoms with Crippen LogP contribution in [0, 0.1) is 6.07 Å². The van der Waals surface area contributed by atoms with Gasteiger partial charge in [-0.1, -0.05) is 91.0 Å². The van der Waals surface area contributed by atoms with Gasteiger partial charge in [0, 0.05) is 0 Å². The average Bonchev–Trinajstić information content (AvgIpc) is 2.69. The van der Waals surface area contributed by atoms with Crippen molar-refractivity contribution < 1.29 is 0 Å². The molecule has 0 unspecified atom stereocenters. The van der Waals surface area contributed by atoms with Crippen molar-refractivity contribution >= 4 is 0 Å².